The van der Waals surface area contributed by atoms with Gasteiger partial charge in [-0.05, 0) is 12.0 Å². The lowest BCUT2D eigenvalue weighted by atomic mass is 10.1. The van der Waals surface area contributed by atoms with Crippen LogP contribution in [0.1, 0.15) is 44.6 Å². The lowest BCUT2D eigenvalue weighted by Gasteiger charge is -2.25. The highest BCUT2D eigenvalue weighted by atomic mass is 32.2. The molecule has 22 heavy (non-hydrogen) atoms. The Kier molecular flexibility index (Phi) is 7.09. The van der Waals surface area contributed by atoms with E-state index >= 15 is 0 Å². The fourth-order valence-corrected chi connectivity index (χ4v) is 3.18. The van der Waals surface area contributed by atoms with E-state index in [1.165, 1.54) is 37.4 Å². The maximum absolute atomic E-state index is 10.5. The summed E-state index contributed by atoms with van der Waals surface area (Å²) in [6.45, 7) is 2.99. The summed E-state index contributed by atoms with van der Waals surface area (Å²) in [5, 5.41) is 13.4. The van der Waals surface area contributed by atoms with Crippen molar-refractivity contribution in [2.45, 2.75) is 39.0 Å². The molecule has 2 rings (SSSR count). The van der Waals surface area contributed by atoms with E-state index in [2.05, 4.69) is 34.5 Å². The number of rotatable bonds is 8. The smallest absolute Gasteiger partial charge is 0.209 e. The van der Waals surface area contributed by atoms with Crippen molar-refractivity contribution in [1.82, 2.24) is 5.01 Å². The van der Waals surface area contributed by atoms with Gasteiger partial charge in [-0.15, -0.1) is 4.91 Å². The monoisotopic (exact) mass is 318 g/mol. The summed E-state index contributed by atoms with van der Waals surface area (Å²) in [6.07, 6.45) is 5.96. The molecule has 1 heterocycles. The highest BCUT2D eigenvalue weighted by Gasteiger charge is 2.20. The first-order valence-corrected chi connectivity index (χ1v) is 8.77. The molecule has 0 aromatic heterocycles. The van der Waals surface area contributed by atoms with Crippen molar-refractivity contribution in [3.05, 3.63) is 40.8 Å². The number of nitroso groups, excluding NO2 is 1. The largest absolute Gasteiger partial charge is 0.241 e. The van der Waals surface area contributed by atoms with Crippen LogP contribution in [0.25, 0.3) is 0 Å². The fourth-order valence-electron chi connectivity index (χ4n) is 2.32. The van der Waals surface area contributed by atoms with Gasteiger partial charge in [0.15, 0.2) is 0 Å². The van der Waals surface area contributed by atoms with Gasteiger partial charge in [0, 0.05) is 12.3 Å². The lowest BCUT2D eigenvalue weighted by molar-refractivity contribution is 0.426. The van der Waals surface area contributed by atoms with Crippen molar-refractivity contribution in [3.63, 3.8) is 0 Å². The maximum Gasteiger partial charge on any atom is 0.209 e. The zero-order valence-corrected chi connectivity index (χ0v) is 13.8. The van der Waals surface area contributed by atoms with Crippen molar-refractivity contribution in [1.29, 1.82) is 0 Å². The summed E-state index contributed by atoms with van der Waals surface area (Å²) in [5.41, 5.74) is 2.13. The van der Waals surface area contributed by atoms with Crippen molar-refractivity contribution in [3.8, 4) is 0 Å². The van der Waals surface area contributed by atoms with Gasteiger partial charge in [-0.3, -0.25) is 0 Å². The molecule has 0 atom stereocenters. The molecule has 0 radical (unpaired) electrons. The summed E-state index contributed by atoms with van der Waals surface area (Å²) < 4.78 is 0. The number of hydrogen-bond acceptors (Lipinski definition) is 4. The van der Waals surface area contributed by atoms with Crippen LogP contribution in [0.3, 0.4) is 0 Å². The minimum absolute atomic E-state index is 0.602. The molecule has 6 heteroatoms. The molecule has 5 nitrogen and oxygen atoms in total. The molecule has 1 aromatic rings. The van der Waals surface area contributed by atoms with Gasteiger partial charge in [0.05, 0.1) is 11.0 Å². The van der Waals surface area contributed by atoms with Crippen molar-refractivity contribution in [2.24, 2.45) is 15.5 Å². The third kappa shape index (κ3) is 4.94. The summed E-state index contributed by atoms with van der Waals surface area (Å²) >= 11 is 1.52. The number of benzene rings is 1. The van der Waals surface area contributed by atoms with E-state index in [0.717, 1.165) is 24.2 Å². The van der Waals surface area contributed by atoms with Crippen LogP contribution in [0.15, 0.2) is 45.8 Å². The average molecular weight is 318 g/mol. The molecule has 0 amide bonds. The molecule has 0 unspecified atom stereocenters. The Hall–Kier alpha value is -1.69. The molecule has 1 aromatic carbocycles. The minimum Gasteiger partial charge on any atom is -0.241 e. The first-order valence-electron chi connectivity index (χ1n) is 7.78. The summed E-state index contributed by atoms with van der Waals surface area (Å²) in [7, 11) is 0. The minimum atomic E-state index is 0.602. The zero-order chi connectivity index (χ0) is 15.6. The maximum atomic E-state index is 10.5. The van der Waals surface area contributed by atoms with E-state index in [1.807, 2.05) is 23.2 Å². The molecule has 1 aliphatic heterocycles. The third-order valence-corrected chi connectivity index (χ3v) is 4.48. The van der Waals surface area contributed by atoms with Crippen LogP contribution in [0, 0.1) is 4.91 Å². The highest BCUT2D eigenvalue weighted by Crippen LogP contribution is 2.21. The average Bonchev–Trinajstić information content (AvgIpc) is 2.57. The molecule has 0 saturated carbocycles. The molecule has 0 N–H and O–H groups in total. The molecule has 118 valence electrons. The SMILES string of the molecule is CCCCCCCN1N=C(c2ccccc2)CS/C1=N/N=O. The van der Waals surface area contributed by atoms with E-state index in [4.69, 9.17) is 0 Å². The number of thioether (sulfide) groups is 1. The van der Waals surface area contributed by atoms with Gasteiger partial charge >= 0.3 is 0 Å². The third-order valence-electron chi connectivity index (χ3n) is 3.51. The molecule has 0 fully saturated rings. The molecule has 0 saturated heterocycles. The molecular formula is C16H22N4OS. The van der Waals surface area contributed by atoms with Crippen LogP contribution in [0.2, 0.25) is 0 Å². The topological polar surface area (TPSA) is 57.4 Å². The van der Waals surface area contributed by atoms with Crippen LogP contribution in [-0.4, -0.2) is 28.2 Å². The van der Waals surface area contributed by atoms with Gasteiger partial charge in [-0.25, -0.2) is 5.01 Å². The van der Waals surface area contributed by atoms with Gasteiger partial charge in [-0.2, -0.15) is 5.10 Å². The Labute approximate surface area is 135 Å². The second-order valence-corrected chi connectivity index (χ2v) is 6.15. The van der Waals surface area contributed by atoms with Crippen LogP contribution < -0.4 is 0 Å². The van der Waals surface area contributed by atoms with Crippen LogP contribution in [-0.2, 0) is 0 Å². The first kappa shape index (κ1) is 16.7. The Morgan fingerprint density at radius 3 is 2.68 bits per heavy atom. The quantitative estimate of drug-likeness (QED) is 0.404. The van der Waals surface area contributed by atoms with Crippen LogP contribution >= 0.6 is 11.8 Å². The van der Waals surface area contributed by atoms with Crippen LogP contribution in [0.4, 0.5) is 0 Å². The number of unbranched alkanes of at least 4 members (excludes halogenated alkanes) is 4. The Bertz CT molecular complexity index is 530. The second-order valence-electron chi connectivity index (χ2n) is 5.20. The number of amidine groups is 1. The Morgan fingerprint density at radius 1 is 1.18 bits per heavy atom. The molecule has 0 aliphatic carbocycles. The fraction of sp³-hybridized carbons (Fsp3) is 0.500. The van der Waals surface area contributed by atoms with Gasteiger partial charge < -0.3 is 0 Å². The molecule has 0 bridgehead atoms. The number of hydrazone groups is 1. The van der Waals surface area contributed by atoms with E-state index in [1.54, 1.807) is 0 Å². The second kappa shape index (κ2) is 9.35. The van der Waals surface area contributed by atoms with E-state index in [-0.39, 0.29) is 0 Å². The van der Waals surface area contributed by atoms with Gasteiger partial charge in [0.1, 0.15) is 0 Å². The standard InChI is InChI=1S/C16H22N4OS/c1-2-3-4-5-9-12-20-16(17-19-21)22-13-15(18-20)14-10-7-6-8-11-14/h6-8,10-11H,2-5,9,12-13H2,1H3/b17-16+. The zero-order valence-electron chi connectivity index (χ0n) is 12.9. The lowest BCUT2D eigenvalue weighted by Crippen LogP contribution is -2.31. The number of nitrogens with zero attached hydrogens (tertiary/aromatic N) is 4. The molecule has 0 spiro atoms. The van der Waals surface area contributed by atoms with E-state index < -0.39 is 0 Å². The predicted octanol–water partition coefficient (Wildman–Crippen LogP) is 4.45. The normalized spacial score (nSPS) is 16.7. The van der Waals surface area contributed by atoms with E-state index in [9.17, 15) is 4.91 Å². The van der Waals surface area contributed by atoms with Crippen LogP contribution in [0.5, 0.6) is 0 Å². The first-order chi connectivity index (χ1) is 10.8. The van der Waals surface area contributed by atoms with Gasteiger partial charge in [0.2, 0.25) is 5.17 Å². The van der Waals surface area contributed by atoms with Crippen molar-refractivity contribution >= 4 is 22.6 Å². The summed E-state index contributed by atoms with van der Waals surface area (Å²) in [6, 6.07) is 10.1. The summed E-state index contributed by atoms with van der Waals surface area (Å²) in [5.74, 6) is 0.713. The Balaban J connectivity index is 2.03. The van der Waals surface area contributed by atoms with Crippen molar-refractivity contribution in [2.75, 3.05) is 12.3 Å². The molecular weight excluding hydrogens is 296 g/mol. The van der Waals surface area contributed by atoms with Crippen molar-refractivity contribution < 1.29 is 0 Å². The number of hydrogen-bond donors (Lipinski definition) is 0. The Morgan fingerprint density at radius 2 is 1.95 bits per heavy atom. The van der Waals surface area contributed by atoms with E-state index in [0.29, 0.717) is 10.9 Å². The van der Waals surface area contributed by atoms with Gasteiger partial charge in [0.25, 0.3) is 0 Å². The highest BCUT2D eigenvalue weighted by molar-refractivity contribution is 8.14. The van der Waals surface area contributed by atoms with Gasteiger partial charge in [-0.1, -0.05) is 79.8 Å². The predicted molar refractivity (Wildman–Crippen MR) is 94.1 cm³/mol. The summed E-state index contributed by atoms with van der Waals surface area (Å²) in [4.78, 5) is 10.5. The molecule has 1 aliphatic rings.